The van der Waals surface area contributed by atoms with E-state index in [0.717, 1.165) is 9.99 Å². The molecule has 2 atom stereocenters. The summed E-state index contributed by atoms with van der Waals surface area (Å²) in [6.07, 6.45) is 2.39. The maximum absolute atomic E-state index is 11.7. The maximum Gasteiger partial charge on any atom is 0.238 e. The molecule has 0 spiro atoms. The molecule has 1 aromatic rings. The fourth-order valence-electron chi connectivity index (χ4n) is 1.91. The molecule has 2 amide bonds. The first-order valence-electron chi connectivity index (χ1n) is 4.68. The number of anilines is 1. The Bertz CT molecular complexity index is 437. The van der Waals surface area contributed by atoms with Crippen LogP contribution in [0.5, 0.6) is 0 Å². The van der Waals surface area contributed by atoms with Crippen molar-refractivity contribution in [1.82, 2.24) is 4.98 Å². The van der Waals surface area contributed by atoms with E-state index in [0.29, 0.717) is 5.82 Å². The van der Waals surface area contributed by atoms with Gasteiger partial charge in [-0.3, -0.25) is 9.59 Å². The molecule has 4 nitrogen and oxygen atoms in total. The Labute approximate surface area is 99.8 Å². The summed E-state index contributed by atoms with van der Waals surface area (Å²) in [5, 5.41) is 0. The van der Waals surface area contributed by atoms with Crippen LogP contribution in [-0.4, -0.2) is 16.8 Å². The van der Waals surface area contributed by atoms with E-state index >= 15 is 0 Å². The Morgan fingerprint density at radius 3 is 2.47 bits per heavy atom. The molecule has 1 aromatic heterocycles. The van der Waals surface area contributed by atoms with Crippen molar-refractivity contribution in [1.29, 1.82) is 0 Å². The van der Waals surface area contributed by atoms with Crippen molar-refractivity contribution in [2.45, 2.75) is 6.42 Å². The lowest BCUT2D eigenvalue weighted by atomic mass is 10.4. The first-order valence-corrected chi connectivity index (χ1v) is 5.76. The number of imide groups is 1. The minimum absolute atomic E-state index is 0.0569. The Morgan fingerprint density at radius 2 is 1.93 bits per heavy atom. The molecule has 1 saturated carbocycles. The fourth-order valence-corrected chi connectivity index (χ4v) is 2.23. The molecule has 2 fully saturated rings. The van der Waals surface area contributed by atoms with E-state index in [1.165, 1.54) is 4.90 Å². The van der Waals surface area contributed by atoms with E-state index < -0.39 is 0 Å². The number of carbonyl (C=O) groups is 2. The van der Waals surface area contributed by atoms with Crippen molar-refractivity contribution >= 4 is 40.2 Å². The number of nitrogens with zero attached hydrogens (tertiary/aromatic N) is 2. The van der Waals surface area contributed by atoms with Crippen LogP contribution in [0.2, 0.25) is 0 Å². The topological polar surface area (TPSA) is 50.3 Å². The zero-order valence-electron chi connectivity index (χ0n) is 7.68. The lowest BCUT2D eigenvalue weighted by molar-refractivity contribution is -0.123. The Hall–Kier alpha value is -0.980. The van der Waals surface area contributed by atoms with Gasteiger partial charge >= 0.3 is 0 Å². The van der Waals surface area contributed by atoms with Crippen LogP contribution >= 0.6 is 22.6 Å². The highest BCUT2D eigenvalue weighted by atomic mass is 127. The molecular weight excluding hydrogens is 307 g/mol. The number of aromatic nitrogens is 1. The molecule has 5 heteroatoms. The van der Waals surface area contributed by atoms with Gasteiger partial charge in [0.15, 0.2) is 0 Å². The van der Waals surface area contributed by atoms with Gasteiger partial charge in [0.05, 0.1) is 11.8 Å². The summed E-state index contributed by atoms with van der Waals surface area (Å²) in [7, 11) is 0. The van der Waals surface area contributed by atoms with Crippen molar-refractivity contribution in [3.63, 3.8) is 0 Å². The molecule has 1 aliphatic heterocycles. The van der Waals surface area contributed by atoms with E-state index in [4.69, 9.17) is 0 Å². The Kier molecular flexibility index (Phi) is 1.86. The third-order valence-electron chi connectivity index (χ3n) is 2.81. The minimum Gasteiger partial charge on any atom is -0.274 e. The molecule has 1 saturated heterocycles. The van der Waals surface area contributed by atoms with Crippen molar-refractivity contribution in [2.75, 3.05) is 4.90 Å². The summed E-state index contributed by atoms with van der Waals surface area (Å²) in [6, 6.07) is 3.55. The number of halogens is 1. The van der Waals surface area contributed by atoms with Gasteiger partial charge in [0.25, 0.3) is 0 Å². The van der Waals surface area contributed by atoms with Crippen molar-refractivity contribution in [2.24, 2.45) is 11.8 Å². The van der Waals surface area contributed by atoms with E-state index in [-0.39, 0.29) is 23.7 Å². The standard InChI is InChI=1S/C10H7IN2O2/c11-5-1-2-8(12-4-5)13-9(14)6-3-7(6)10(13)15/h1-2,4,6-7H,3H2. The van der Waals surface area contributed by atoms with Gasteiger partial charge in [-0.05, 0) is 41.1 Å². The molecule has 2 heterocycles. The van der Waals surface area contributed by atoms with Crippen LogP contribution in [0.1, 0.15) is 6.42 Å². The average Bonchev–Trinajstić information content (AvgIpc) is 2.96. The third kappa shape index (κ3) is 1.29. The van der Waals surface area contributed by atoms with Gasteiger partial charge in [0, 0.05) is 9.77 Å². The van der Waals surface area contributed by atoms with Gasteiger partial charge in [-0.1, -0.05) is 0 Å². The minimum atomic E-state index is -0.0845. The predicted molar refractivity (Wildman–Crippen MR) is 61.0 cm³/mol. The molecule has 0 bridgehead atoms. The summed E-state index contributed by atoms with van der Waals surface area (Å²) in [5.41, 5.74) is 0. The summed E-state index contributed by atoms with van der Waals surface area (Å²) in [6.45, 7) is 0. The SMILES string of the molecule is O=C1C2CC2C(=O)N1c1ccc(I)cn1. The third-order valence-corrected chi connectivity index (χ3v) is 3.44. The van der Waals surface area contributed by atoms with E-state index in [1.807, 2.05) is 6.07 Å². The number of fused-ring (bicyclic) bond motifs is 1. The maximum atomic E-state index is 11.7. The number of piperidine rings is 1. The molecule has 2 aliphatic rings. The number of rotatable bonds is 1. The molecular formula is C10H7IN2O2. The van der Waals surface area contributed by atoms with Crippen LogP contribution in [0.25, 0.3) is 0 Å². The van der Waals surface area contributed by atoms with Crippen LogP contribution < -0.4 is 4.90 Å². The van der Waals surface area contributed by atoms with Gasteiger partial charge in [-0.15, -0.1) is 0 Å². The van der Waals surface area contributed by atoms with Gasteiger partial charge < -0.3 is 0 Å². The van der Waals surface area contributed by atoms with E-state index in [9.17, 15) is 9.59 Å². The summed E-state index contributed by atoms with van der Waals surface area (Å²) in [5.74, 6) is 0.173. The molecule has 0 radical (unpaired) electrons. The van der Waals surface area contributed by atoms with E-state index in [1.54, 1.807) is 12.3 Å². The molecule has 15 heavy (non-hydrogen) atoms. The number of carbonyl (C=O) groups excluding carboxylic acids is 2. The first-order chi connectivity index (χ1) is 7.18. The van der Waals surface area contributed by atoms with Crippen LogP contribution in [0.15, 0.2) is 18.3 Å². The quantitative estimate of drug-likeness (QED) is 0.578. The lowest BCUT2D eigenvalue weighted by Gasteiger charge is -2.14. The normalized spacial score (nSPS) is 28.2. The number of hydrogen-bond donors (Lipinski definition) is 0. The molecule has 3 rings (SSSR count). The highest BCUT2D eigenvalue weighted by Crippen LogP contribution is 2.47. The fraction of sp³-hybridized carbons (Fsp3) is 0.300. The zero-order chi connectivity index (χ0) is 10.6. The molecule has 0 N–H and O–H groups in total. The Morgan fingerprint density at radius 1 is 1.27 bits per heavy atom. The highest BCUT2D eigenvalue weighted by Gasteiger charge is 2.59. The highest BCUT2D eigenvalue weighted by molar-refractivity contribution is 14.1. The molecule has 0 aromatic carbocycles. The summed E-state index contributed by atoms with van der Waals surface area (Å²) >= 11 is 2.13. The van der Waals surface area contributed by atoms with Gasteiger partial charge in [0.2, 0.25) is 11.8 Å². The van der Waals surface area contributed by atoms with Crippen molar-refractivity contribution in [3.05, 3.63) is 21.9 Å². The van der Waals surface area contributed by atoms with Crippen LogP contribution in [0, 0.1) is 15.4 Å². The summed E-state index contributed by atoms with van der Waals surface area (Å²) < 4.78 is 0.987. The van der Waals surface area contributed by atoms with Crippen LogP contribution in [0.4, 0.5) is 5.82 Å². The predicted octanol–water partition coefficient (Wildman–Crippen LogP) is 1.20. The number of amides is 2. The van der Waals surface area contributed by atoms with E-state index in [2.05, 4.69) is 27.6 Å². The number of hydrogen-bond acceptors (Lipinski definition) is 3. The van der Waals surface area contributed by atoms with Crippen molar-refractivity contribution < 1.29 is 9.59 Å². The van der Waals surface area contributed by atoms with Gasteiger partial charge in [-0.2, -0.15) is 0 Å². The molecule has 2 unspecified atom stereocenters. The molecule has 1 aliphatic carbocycles. The second-order valence-corrected chi connectivity index (χ2v) is 5.04. The van der Waals surface area contributed by atoms with Crippen molar-refractivity contribution in [3.8, 4) is 0 Å². The summed E-state index contributed by atoms with van der Waals surface area (Å²) in [4.78, 5) is 28.7. The van der Waals surface area contributed by atoms with Crippen LogP contribution in [-0.2, 0) is 9.59 Å². The zero-order valence-corrected chi connectivity index (χ0v) is 9.84. The average molecular weight is 314 g/mol. The van der Waals surface area contributed by atoms with Crippen LogP contribution in [0.3, 0.4) is 0 Å². The van der Waals surface area contributed by atoms with Gasteiger partial charge in [0.1, 0.15) is 5.82 Å². The largest absolute Gasteiger partial charge is 0.274 e. The first kappa shape index (κ1) is 9.26. The lowest BCUT2D eigenvalue weighted by Crippen LogP contribution is -2.33. The smallest absolute Gasteiger partial charge is 0.238 e. The van der Waals surface area contributed by atoms with Gasteiger partial charge in [-0.25, -0.2) is 9.88 Å². The second-order valence-electron chi connectivity index (χ2n) is 3.80. The monoisotopic (exact) mass is 314 g/mol. The second kappa shape index (κ2) is 3.01. The Balaban J connectivity index is 1.98. The number of pyridine rings is 1. The molecule has 76 valence electrons.